The van der Waals surface area contributed by atoms with Crippen LogP contribution in [0.3, 0.4) is 0 Å². The number of benzene rings is 1. The second kappa shape index (κ2) is 5.55. The molecule has 4 N–H and O–H groups in total. The third-order valence-electron chi connectivity index (χ3n) is 3.72. The van der Waals surface area contributed by atoms with Crippen molar-refractivity contribution in [1.82, 2.24) is 10.6 Å². The summed E-state index contributed by atoms with van der Waals surface area (Å²) in [5, 5.41) is 4.93. The van der Waals surface area contributed by atoms with Gasteiger partial charge in [0.05, 0.1) is 5.41 Å². The lowest BCUT2D eigenvalue weighted by Crippen LogP contribution is -2.55. The summed E-state index contributed by atoms with van der Waals surface area (Å²) in [6.07, 6.45) is 0.554. The first kappa shape index (κ1) is 15.0. The summed E-state index contributed by atoms with van der Waals surface area (Å²) in [7, 11) is 0. The minimum Gasteiger partial charge on any atom is -0.399 e. The Balaban J connectivity index is 2.12. The summed E-state index contributed by atoms with van der Waals surface area (Å²) in [6, 6.07) is 6.42. The number of carbonyl (C=O) groups excluding carboxylic acids is 3. The topological polar surface area (TPSA) is 101 Å². The van der Waals surface area contributed by atoms with Crippen LogP contribution in [-0.4, -0.2) is 23.8 Å². The molecule has 1 heterocycles. The van der Waals surface area contributed by atoms with Crippen molar-refractivity contribution >= 4 is 23.4 Å². The van der Waals surface area contributed by atoms with E-state index in [1.54, 1.807) is 32.0 Å². The van der Waals surface area contributed by atoms with E-state index in [1.807, 2.05) is 6.07 Å². The lowest BCUT2D eigenvalue weighted by Gasteiger charge is -2.29. The Hall–Kier alpha value is -2.37. The van der Waals surface area contributed by atoms with Crippen molar-refractivity contribution in [3.8, 4) is 0 Å². The van der Waals surface area contributed by atoms with Crippen LogP contribution in [0.5, 0.6) is 0 Å². The Kier molecular flexibility index (Phi) is 3.97. The fourth-order valence-electron chi connectivity index (χ4n) is 2.23. The van der Waals surface area contributed by atoms with E-state index in [2.05, 4.69) is 10.6 Å². The number of nitrogens with two attached hydrogens (primary N) is 1. The molecule has 3 amide bonds. The molecular formula is C15H19N3O3. The highest BCUT2D eigenvalue weighted by Gasteiger charge is 2.35. The number of piperidine rings is 1. The molecule has 112 valence electrons. The van der Waals surface area contributed by atoms with Gasteiger partial charge < -0.3 is 11.1 Å². The quantitative estimate of drug-likeness (QED) is 0.556. The summed E-state index contributed by atoms with van der Waals surface area (Å²) in [6.45, 7) is 3.53. The van der Waals surface area contributed by atoms with E-state index >= 15 is 0 Å². The van der Waals surface area contributed by atoms with E-state index in [4.69, 9.17) is 5.73 Å². The highest BCUT2D eigenvalue weighted by Crippen LogP contribution is 2.25. The molecule has 1 atom stereocenters. The smallest absolute Gasteiger partial charge is 0.249 e. The molecule has 0 aliphatic carbocycles. The van der Waals surface area contributed by atoms with Gasteiger partial charge in [-0.15, -0.1) is 0 Å². The van der Waals surface area contributed by atoms with Crippen molar-refractivity contribution in [2.24, 2.45) is 0 Å². The standard InChI is InChI=1S/C15H19N3O3/c1-15(2,9-4-3-5-10(16)8-9)14(21)17-11-6-7-12(19)18-13(11)20/h3-5,8,11H,6-7,16H2,1-2H3,(H,17,21)(H,18,19,20). The summed E-state index contributed by atoms with van der Waals surface area (Å²) in [4.78, 5) is 35.2. The van der Waals surface area contributed by atoms with Crippen LogP contribution in [0.2, 0.25) is 0 Å². The molecule has 21 heavy (non-hydrogen) atoms. The Bertz CT molecular complexity index is 596. The molecule has 1 aromatic carbocycles. The molecule has 1 fully saturated rings. The van der Waals surface area contributed by atoms with Gasteiger partial charge in [0.2, 0.25) is 17.7 Å². The fourth-order valence-corrected chi connectivity index (χ4v) is 2.23. The maximum atomic E-state index is 12.5. The van der Waals surface area contributed by atoms with Crippen molar-refractivity contribution in [2.45, 2.75) is 38.1 Å². The number of hydrogen-bond donors (Lipinski definition) is 3. The van der Waals surface area contributed by atoms with Crippen LogP contribution in [0.25, 0.3) is 0 Å². The lowest BCUT2D eigenvalue weighted by atomic mass is 9.83. The molecule has 1 unspecified atom stereocenters. The molecule has 0 saturated carbocycles. The second-order valence-electron chi connectivity index (χ2n) is 5.73. The molecule has 1 aliphatic heterocycles. The first-order valence-electron chi connectivity index (χ1n) is 6.81. The number of rotatable bonds is 3. The van der Waals surface area contributed by atoms with Crippen LogP contribution in [0, 0.1) is 0 Å². The van der Waals surface area contributed by atoms with Gasteiger partial charge in [0.15, 0.2) is 0 Å². The van der Waals surface area contributed by atoms with E-state index in [-0.39, 0.29) is 18.2 Å². The molecule has 0 spiro atoms. The number of nitrogens with one attached hydrogen (secondary N) is 2. The predicted octanol–water partition coefficient (Wildman–Crippen LogP) is 0.468. The second-order valence-corrected chi connectivity index (χ2v) is 5.73. The Morgan fingerprint density at radius 3 is 2.71 bits per heavy atom. The fraction of sp³-hybridized carbons (Fsp3) is 0.400. The predicted molar refractivity (Wildman–Crippen MR) is 78.2 cm³/mol. The molecule has 1 aromatic rings. The average Bonchev–Trinajstić information content (AvgIpc) is 2.41. The van der Waals surface area contributed by atoms with Gasteiger partial charge in [0.1, 0.15) is 6.04 Å². The number of nitrogen functional groups attached to an aromatic ring is 1. The van der Waals surface area contributed by atoms with Crippen molar-refractivity contribution < 1.29 is 14.4 Å². The SMILES string of the molecule is CC(C)(C(=O)NC1CCC(=O)NC1=O)c1cccc(N)c1. The van der Waals surface area contributed by atoms with E-state index in [0.717, 1.165) is 5.56 Å². The normalized spacial score (nSPS) is 19.0. The van der Waals surface area contributed by atoms with Crippen LogP contribution in [-0.2, 0) is 19.8 Å². The molecule has 1 aliphatic rings. The minimum atomic E-state index is -0.822. The van der Waals surface area contributed by atoms with Crippen molar-refractivity contribution in [3.05, 3.63) is 29.8 Å². The molecular weight excluding hydrogens is 270 g/mol. The summed E-state index contributed by atoms with van der Waals surface area (Å²) >= 11 is 0. The molecule has 6 nitrogen and oxygen atoms in total. The lowest BCUT2D eigenvalue weighted by molar-refractivity contribution is -0.138. The highest BCUT2D eigenvalue weighted by molar-refractivity contribution is 6.02. The van der Waals surface area contributed by atoms with Gasteiger partial charge in [-0.1, -0.05) is 12.1 Å². The van der Waals surface area contributed by atoms with Crippen molar-refractivity contribution in [2.75, 3.05) is 5.73 Å². The molecule has 0 aromatic heterocycles. The number of imide groups is 1. The Labute approximate surface area is 123 Å². The zero-order valence-electron chi connectivity index (χ0n) is 12.1. The van der Waals surface area contributed by atoms with Gasteiger partial charge in [0, 0.05) is 12.1 Å². The van der Waals surface area contributed by atoms with Crippen LogP contribution in [0.4, 0.5) is 5.69 Å². The van der Waals surface area contributed by atoms with Gasteiger partial charge in [-0.05, 0) is 38.0 Å². The number of carbonyl (C=O) groups is 3. The highest BCUT2D eigenvalue weighted by atomic mass is 16.2. The van der Waals surface area contributed by atoms with Gasteiger partial charge in [-0.2, -0.15) is 0 Å². The summed E-state index contributed by atoms with van der Waals surface area (Å²) < 4.78 is 0. The Morgan fingerprint density at radius 1 is 1.38 bits per heavy atom. The molecule has 1 saturated heterocycles. The summed E-state index contributed by atoms with van der Waals surface area (Å²) in [5.74, 6) is -1.04. The van der Waals surface area contributed by atoms with Crippen molar-refractivity contribution in [3.63, 3.8) is 0 Å². The minimum absolute atomic E-state index is 0.232. The zero-order valence-corrected chi connectivity index (χ0v) is 12.1. The largest absolute Gasteiger partial charge is 0.399 e. The van der Waals surface area contributed by atoms with E-state index in [0.29, 0.717) is 12.1 Å². The molecule has 0 bridgehead atoms. The van der Waals surface area contributed by atoms with E-state index in [1.165, 1.54) is 0 Å². The average molecular weight is 289 g/mol. The molecule has 2 rings (SSSR count). The van der Waals surface area contributed by atoms with E-state index in [9.17, 15) is 14.4 Å². The molecule has 0 radical (unpaired) electrons. The number of anilines is 1. The first-order valence-corrected chi connectivity index (χ1v) is 6.81. The monoisotopic (exact) mass is 289 g/mol. The van der Waals surface area contributed by atoms with Gasteiger partial charge in [0.25, 0.3) is 0 Å². The van der Waals surface area contributed by atoms with Crippen LogP contribution < -0.4 is 16.4 Å². The number of amides is 3. The van der Waals surface area contributed by atoms with Gasteiger partial charge in [-0.25, -0.2) is 0 Å². The van der Waals surface area contributed by atoms with Crippen molar-refractivity contribution in [1.29, 1.82) is 0 Å². The maximum Gasteiger partial charge on any atom is 0.249 e. The number of hydrogen-bond acceptors (Lipinski definition) is 4. The maximum absolute atomic E-state index is 12.5. The summed E-state index contributed by atoms with van der Waals surface area (Å²) in [5.41, 5.74) is 6.27. The van der Waals surface area contributed by atoms with Crippen LogP contribution in [0.15, 0.2) is 24.3 Å². The Morgan fingerprint density at radius 2 is 2.10 bits per heavy atom. The molecule has 6 heteroatoms. The van der Waals surface area contributed by atoms with Crippen LogP contribution >= 0.6 is 0 Å². The first-order chi connectivity index (χ1) is 9.80. The van der Waals surface area contributed by atoms with E-state index < -0.39 is 17.4 Å². The van der Waals surface area contributed by atoms with Gasteiger partial charge in [-0.3, -0.25) is 19.7 Å². The third kappa shape index (κ3) is 3.21. The third-order valence-corrected chi connectivity index (χ3v) is 3.72. The van der Waals surface area contributed by atoms with Gasteiger partial charge >= 0.3 is 0 Å². The van der Waals surface area contributed by atoms with Crippen LogP contribution in [0.1, 0.15) is 32.3 Å². The zero-order chi connectivity index (χ0) is 15.6.